The molecule has 15 heavy (non-hydrogen) atoms. The number of hydrogen-bond donors (Lipinski definition) is 0. The van der Waals surface area contributed by atoms with Gasteiger partial charge in [0, 0.05) is 10.3 Å². The number of thiophene rings is 1. The van der Waals surface area contributed by atoms with Crippen molar-refractivity contribution in [2.45, 2.75) is 26.1 Å². The molecular weight excluding hydrogens is 232 g/mol. The molecule has 0 radical (unpaired) electrons. The molecule has 2 heterocycles. The smallest absolute Gasteiger partial charge is 0.259 e. The maximum absolute atomic E-state index is 5.87. The first kappa shape index (κ1) is 10.6. The molecule has 0 saturated heterocycles. The van der Waals surface area contributed by atoms with E-state index in [0.717, 1.165) is 5.56 Å². The van der Waals surface area contributed by atoms with Crippen LogP contribution in [0, 0.1) is 13.8 Å². The summed E-state index contributed by atoms with van der Waals surface area (Å²) in [6.07, 6.45) is 0. The minimum Gasteiger partial charge on any atom is -0.334 e. The molecule has 2 aromatic heterocycles. The van der Waals surface area contributed by atoms with Crippen LogP contribution < -0.4 is 0 Å². The quantitative estimate of drug-likeness (QED) is 0.754. The predicted octanol–water partition coefficient (Wildman–Crippen LogP) is 3.71. The first-order chi connectivity index (χ1) is 7.09. The second-order valence-electron chi connectivity index (χ2n) is 3.40. The van der Waals surface area contributed by atoms with E-state index in [0.29, 0.717) is 11.7 Å². The molecule has 0 spiro atoms. The van der Waals surface area contributed by atoms with Crippen LogP contribution in [0.3, 0.4) is 0 Å². The van der Waals surface area contributed by atoms with Gasteiger partial charge in [-0.2, -0.15) is 4.98 Å². The van der Waals surface area contributed by atoms with Crippen LogP contribution in [-0.4, -0.2) is 10.1 Å². The molecular formula is C10H11ClN2OS. The molecule has 0 amide bonds. The molecule has 2 rings (SSSR count). The Hall–Kier alpha value is -0.870. The topological polar surface area (TPSA) is 38.9 Å². The van der Waals surface area contributed by atoms with E-state index >= 15 is 0 Å². The third-order valence-corrected chi connectivity index (χ3v) is 3.52. The minimum absolute atomic E-state index is 0.220. The molecule has 1 atom stereocenters. The van der Waals surface area contributed by atoms with Gasteiger partial charge in [-0.05, 0) is 26.3 Å². The van der Waals surface area contributed by atoms with Crippen molar-refractivity contribution in [2.75, 3.05) is 0 Å². The van der Waals surface area contributed by atoms with Gasteiger partial charge < -0.3 is 4.52 Å². The molecule has 0 aliphatic rings. The molecule has 0 aliphatic heterocycles. The number of aryl methyl sites for hydroxylation is 1. The fourth-order valence-electron chi connectivity index (χ4n) is 1.23. The molecule has 0 bridgehead atoms. The Morgan fingerprint density at radius 3 is 2.67 bits per heavy atom. The van der Waals surface area contributed by atoms with Gasteiger partial charge in [0.05, 0.1) is 10.9 Å². The van der Waals surface area contributed by atoms with Gasteiger partial charge in [0.2, 0.25) is 0 Å². The van der Waals surface area contributed by atoms with Crippen LogP contribution in [-0.2, 0) is 0 Å². The normalized spacial score (nSPS) is 13.1. The Bertz CT molecular complexity index is 475. The van der Waals surface area contributed by atoms with Crippen LogP contribution in [0.1, 0.15) is 28.6 Å². The van der Waals surface area contributed by atoms with Crippen molar-refractivity contribution in [2.24, 2.45) is 0 Å². The number of alkyl halides is 1. The molecule has 0 saturated carbocycles. The largest absolute Gasteiger partial charge is 0.334 e. The van der Waals surface area contributed by atoms with E-state index in [1.807, 2.05) is 12.3 Å². The second kappa shape index (κ2) is 3.94. The summed E-state index contributed by atoms with van der Waals surface area (Å²) in [4.78, 5) is 5.52. The summed E-state index contributed by atoms with van der Waals surface area (Å²) in [5.74, 6) is 1.09. The standard InChI is InChI=1S/C10H11ClN2OS/c1-5-7(3)15-4-8(5)10-12-9(6(2)11)13-14-10/h4,6H,1-3H3. The van der Waals surface area contributed by atoms with Crippen LogP contribution in [0.25, 0.3) is 11.5 Å². The molecule has 0 aliphatic carbocycles. The highest BCUT2D eigenvalue weighted by molar-refractivity contribution is 7.10. The van der Waals surface area contributed by atoms with Gasteiger partial charge in [0.25, 0.3) is 5.89 Å². The Morgan fingerprint density at radius 1 is 1.47 bits per heavy atom. The van der Waals surface area contributed by atoms with Crippen LogP contribution in [0.2, 0.25) is 0 Å². The lowest BCUT2D eigenvalue weighted by molar-refractivity contribution is 0.422. The van der Waals surface area contributed by atoms with E-state index in [2.05, 4.69) is 24.0 Å². The zero-order chi connectivity index (χ0) is 11.0. The third kappa shape index (κ3) is 1.92. The summed E-state index contributed by atoms with van der Waals surface area (Å²) in [6, 6.07) is 0. The Morgan fingerprint density at radius 2 is 2.20 bits per heavy atom. The summed E-state index contributed by atoms with van der Waals surface area (Å²) in [7, 11) is 0. The van der Waals surface area contributed by atoms with E-state index in [4.69, 9.17) is 16.1 Å². The third-order valence-electron chi connectivity index (χ3n) is 2.31. The number of hydrogen-bond acceptors (Lipinski definition) is 4. The fourth-order valence-corrected chi connectivity index (χ4v) is 2.18. The molecule has 5 heteroatoms. The van der Waals surface area contributed by atoms with Crippen LogP contribution in [0.15, 0.2) is 9.90 Å². The van der Waals surface area contributed by atoms with Crippen LogP contribution in [0.5, 0.6) is 0 Å². The summed E-state index contributed by atoms with van der Waals surface area (Å²) in [6.45, 7) is 5.95. The maximum Gasteiger partial charge on any atom is 0.259 e. The average Bonchev–Trinajstić information content (AvgIpc) is 2.76. The van der Waals surface area contributed by atoms with Gasteiger partial charge in [0.15, 0.2) is 5.82 Å². The van der Waals surface area contributed by atoms with E-state index in [1.165, 1.54) is 10.4 Å². The summed E-state index contributed by atoms with van der Waals surface area (Å²) < 4.78 is 5.17. The lowest BCUT2D eigenvalue weighted by Crippen LogP contribution is -1.86. The summed E-state index contributed by atoms with van der Waals surface area (Å²) >= 11 is 7.55. The zero-order valence-corrected chi connectivity index (χ0v) is 10.3. The SMILES string of the molecule is Cc1scc(-c2nc(C(C)Cl)no2)c1C. The molecule has 0 N–H and O–H groups in total. The van der Waals surface area contributed by atoms with Crippen molar-refractivity contribution in [3.05, 3.63) is 21.6 Å². The monoisotopic (exact) mass is 242 g/mol. The van der Waals surface area contributed by atoms with E-state index < -0.39 is 0 Å². The highest BCUT2D eigenvalue weighted by Gasteiger charge is 2.15. The maximum atomic E-state index is 5.87. The highest BCUT2D eigenvalue weighted by Crippen LogP contribution is 2.30. The molecule has 3 nitrogen and oxygen atoms in total. The van der Waals surface area contributed by atoms with E-state index in [9.17, 15) is 0 Å². The summed E-state index contributed by atoms with van der Waals surface area (Å²) in [5, 5.41) is 5.64. The highest BCUT2D eigenvalue weighted by atomic mass is 35.5. The van der Waals surface area contributed by atoms with Gasteiger partial charge in [-0.1, -0.05) is 5.16 Å². The lowest BCUT2D eigenvalue weighted by atomic mass is 10.2. The minimum atomic E-state index is -0.220. The van der Waals surface area contributed by atoms with E-state index in [1.54, 1.807) is 11.3 Å². The Kier molecular flexibility index (Phi) is 2.80. The summed E-state index contributed by atoms with van der Waals surface area (Å²) in [5.41, 5.74) is 2.20. The molecule has 0 aromatic carbocycles. The molecule has 0 fully saturated rings. The van der Waals surface area contributed by atoms with Gasteiger partial charge in [-0.3, -0.25) is 0 Å². The Balaban J connectivity index is 2.41. The Labute approximate surface area is 97.1 Å². The predicted molar refractivity (Wildman–Crippen MR) is 61.4 cm³/mol. The number of halogens is 1. The second-order valence-corrected chi connectivity index (χ2v) is 5.14. The van der Waals surface area contributed by atoms with Gasteiger partial charge >= 0.3 is 0 Å². The lowest BCUT2D eigenvalue weighted by Gasteiger charge is -1.92. The van der Waals surface area contributed by atoms with E-state index in [-0.39, 0.29) is 5.38 Å². The van der Waals surface area contributed by atoms with Crippen LogP contribution >= 0.6 is 22.9 Å². The van der Waals surface area contributed by atoms with Crippen molar-refractivity contribution < 1.29 is 4.52 Å². The number of nitrogens with zero attached hydrogens (tertiary/aromatic N) is 2. The molecule has 80 valence electrons. The first-order valence-electron chi connectivity index (χ1n) is 4.62. The number of rotatable bonds is 2. The van der Waals surface area contributed by atoms with Gasteiger partial charge in [0.1, 0.15) is 0 Å². The molecule has 1 unspecified atom stereocenters. The van der Waals surface area contributed by atoms with Crippen molar-refractivity contribution >= 4 is 22.9 Å². The zero-order valence-electron chi connectivity index (χ0n) is 8.74. The van der Waals surface area contributed by atoms with Crippen LogP contribution in [0.4, 0.5) is 0 Å². The van der Waals surface area contributed by atoms with Crippen molar-refractivity contribution in [1.29, 1.82) is 0 Å². The first-order valence-corrected chi connectivity index (χ1v) is 5.94. The van der Waals surface area contributed by atoms with Crippen molar-refractivity contribution in [3.63, 3.8) is 0 Å². The van der Waals surface area contributed by atoms with Crippen molar-refractivity contribution in [3.8, 4) is 11.5 Å². The molecule has 2 aromatic rings. The van der Waals surface area contributed by atoms with Crippen molar-refractivity contribution in [1.82, 2.24) is 10.1 Å². The van der Waals surface area contributed by atoms with Gasteiger partial charge in [-0.15, -0.1) is 22.9 Å². The van der Waals surface area contributed by atoms with Gasteiger partial charge in [-0.25, -0.2) is 0 Å². The average molecular weight is 243 g/mol. The number of aromatic nitrogens is 2. The fraction of sp³-hybridized carbons (Fsp3) is 0.400.